The molecule has 6 aromatic rings. The molecule has 6 rings (SSSR count). The first-order valence-corrected chi connectivity index (χ1v) is 18.8. The highest BCUT2D eigenvalue weighted by atomic mass is 31.1. The van der Waals surface area contributed by atoms with E-state index in [4.69, 9.17) is 9.05 Å². The van der Waals surface area contributed by atoms with Gasteiger partial charge in [0.25, 0.3) is 0 Å². The topological polar surface area (TPSA) is 18.5 Å². The maximum Gasteiger partial charge on any atom is 0.200 e. The molecule has 0 N–H and O–H groups in total. The van der Waals surface area contributed by atoms with Gasteiger partial charge in [-0.1, -0.05) is 60.7 Å². The van der Waals surface area contributed by atoms with Gasteiger partial charge in [0.15, 0.2) is 93.1 Å². The van der Waals surface area contributed by atoms with Gasteiger partial charge >= 0.3 is 0 Å². The lowest BCUT2D eigenvalue weighted by atomic mass is 9.98. The standard InChI is InChI=1S/C38H12F20O2P2/c39-13-17(43)25(51)35(26(52)18(13)44)61(36-27(53)19(45)14(40)20(46)28(36)54)59-33(11-7-3-1-4-8-11)34(12-9-5-2-6-10-12)60-62(37-29(55)21(47)15(41)22(48)30(37)56)38-31(57)23(49)16(42)24(50)32(38)58/h1-10,33-34H/t33-,34-/m0/s1. The van der Waals surface area contributed by atoms with Gasteiger partial charge in [-0.3, -0.25) is 0 Å². The molecule has 62 heavy (non-hydrogen) atoms. The quantitative estimate of drug-likeness (QED) is 0.0558. The van der Waals surface area contributed by atoms with Gasteiger partial charge < -0.3 is 9.05 Å². The fraction of sp³-hybridized carbons (Fsp3) is 0.0526. The monoisotopic (exact) mass is 942 g/mol. The summed E-state index contributed by atoms with van der Waals surface area (Å²) in [7, 11) is -9.60. The summed E-state index contributed by atoms with van der Waals surface area (Å²) in [5.74, 6) is -59.1. The smallest absolute Gasteiger partial charge is 0.200 e. The maximum atomic E-state index is 15.6. The molecule has 0 aliphatic carbocycles. The molecule has 24 heteroatoms. The van der Waals surface area contributed by atoms with Crippen LogP contribution < -0.4 is 21.2 Å². The molecule has 0 heterocycles. The molecule has 0 unspecified atom stereocenters. The van der Waals surface area contributed by atoms with Gasteiger partial charge in [-0.25, -0.2) is 87.8 Å². The summed E-state index contributed by atoms with van der Waals surface area (Å²) < 4.78 is 311. The van der Waals surface area contributed by atoms with Gasteiger partial charge in [-0.15, -0.1) is 0 Å². The van der Waals surface area contributed by atoms with Crippen LogP contribution >= 0.6 is 16.3 Å². The number of hydrogen-bond donors (Lipinski definition) is 0. The number of halogens is 20. The van der Waals surface area contributed by atoms with Crippen molar-refractivity contribution in [3.8, 4) is 0 Å². The average molecular weight is 942 g/mol. The van der Waals surface area contributed by atoms with Crippen molar-refractivity contribution < 1.29 is 96.9 Å². The highest BCUT2D eigenvalue weighted by Crippen LogP contribution is 2.54. The van der Waals surface area contributed by atoms with Crippen LogP contribution in [0, 0.1) is 116 Å². The lowest BCUT2D eigenvalue weighted by Gasteiger charge is -2.35. The first kappa shape index (κ1) is 46.2. The van der Waals surface area contributed by atoms with E-state index in [1.54, 1.807) is 0 Å². The fourth-order valence-corrected chi connectivity index (χ4v) is 9.61. The fourth-order valence-electron chi connectivity index (χ4n) is 5.62. The zero-order valence-corrected chi connectivity index (χ0v) is 31.0. The summed E-state index contributed by atoms with van der Waals surface area (Å²) in [6.07, 6.45) is -5.61. The van der Waals surface area contributed by atoms with Gasteiger partial charge in [0.05, 0.1) is 21.2 Å². The first-order chi connectivity index (χ1) is 29.1. The second-order valence-electron chi connectivity index (χ2n) is 12.1. The summed E-state index contributed by atoms with van der Waals surface area (Å²) in [6.45, 7) is 0. The molecule has 326 valence electrons. The van der Waals surface area contributed by atoms with Crippen molar-refractivity contribution in [2.45, 2.75) is 12.2 Å². The molecule has 6 aromatic carbocycles. The molecule has 2 nitrogen and oxygen atoms in total. The van der Waals surface area contributed by atoms with E-state index in [-0.39, 0.29) is 0 Å². The lowest BCUT2D eigenvalue weighted by molar-refractivity contribution is 0.0742. The SMILES string of the molecule is Fc1c(F)c(F)c(P(O[C@@H](c2ccccc2)[C@@H](OP(c2c(F)c(F)c(F)c(F)c2F)c2c(F)c(F)c(F)c(F)c2F)c2ccccc2)c2c(F)c(F)c(F)c(F)c2F)c(F)c1F. The third-order valence-electron chi connectivity index (χ3n) is 8.53. The normalized spacial score (nSPS) is 12.8. The Hall–Kier alpha value is -5.30. The Labute approximate surface area is 334 Å². The zero-order chi connectivity index (χ0) is 45.8. The third-order valence-corrected chi connectivity index (χ3v) is 12.6. The molecule has 0 aromatic heterocycles. The number of benzene rings is 6. The minimum atomic E-state index is -4.80. The van der Waals surface area contributed by atoms with Crippen molar-refractivity contribution >= 4 is 37.5 Å². The van der Waals surface area contributed by atoms with Gasteiger partial charge in [-0.05, 0) is 11.1 Å². The van der Waals surface area contributed by atoms with Crippen LogP contribution in [0.15, 0.2) is 60.7 Å². The van der Waals surface area contributed by atoms with Crippen molar-refractivity contribution in [2.75, 3.05) is 0 Å². The lowest BCUT2D eigenvalue weighted by Crippen LogP contribution is -2.33. The Balaban J connectivity index is 1.75. The van der Waals surface area contributed by atoms with Gasteiger partial charge in [0.2, 0.25) is 23.3 Å². The molecule has 0 aliphatic rings. The summed E-state index contributed by atoms with van der Waals surface area (Å²) in [6, 6.07) is 9.64. The van der Waals surface area contributed by atoms with Crippen LogP contribution in [0.1, 0.15) is 23.3 Å². The van der Waals surface area contributed by atoms with E-state index in [2.05, 4.69) is 0 Å². The van der Waals surface area contributed by atoms with Crippen LogP contribution in [0.2, 0.25) is 0 Å². The van der Waals surface area contributed by atoms with Gasteiger partial charge in [0.1, 0.15) is 28.5 Å². The van der Waals surface area contributed by atoms with Gasteiger partial charge in [0, 0.05) is 0 Å². The van der Waals surface area contributed by atoms with E-state index in [1.807, 2.05) is 0 Å². The molecule has 2 atom stereocenters. The van der Waals surface area contributed by atoms with E-state index in [0.29, 0.717) is 0 Å². The van der Waals surface area contributed by atoms with E-state index in [1.165, 1.54) is 0 Å². The minimum Gasteiger partial charge on any atom is -0.338 e. The Morgan fingerprint density at radius 3 is 0.581 bits per heavy atom. The van der Waals surface area contributed by atoms with Crippen molar-refractivity contribution in [2.24, 2.45) is 0 Å². The largest absolute Gasteiger partial charge is 0.338 e. The Morgan fingerprint density at radius 1 is 0.242 bits per heavy atom. The first-order valence-electron chi connectivity index (χ1n) is 16.2. The number of hydrogen-bond acceptors (Lipinski definition) is 2. The molecular formula is C38H12F20O2P2. The summed E-state index contributed by atoms with van der Waals surface area (Å²) in [4.78, 5) is 0. The molecule has 0 bridgehead atoms. The van der Waals surface area contributed by atoms with Crippen molar-refractivity contribution in [1.82, 2.24) is 0 Å². The predicted molar refractivity (Wildman–Crippen MR) is 178 cm³/mol. The predicted octanol–water partition coefficient (Wildman–Crippen LogP) is 11.4. The maximum absolute atomic E-state index is 15.6. The van der Waals surface area contributed by atoms with E-state index >= 15 is 35.1 Å². The molecule has 0 amide bonds. The van der Waals surface area contributed by atoms with Gasteiger partial charge in [-0.2, -0.15) is 0 Å². The highest BCUT2D eigenvalue weighted by molar-refractivity contribution is 7.69. The summed E-state index contributed by atoms with van der Waals surface area (Å²) >= 11 is 0. The average Bonchev–Trinajstić information content (AvgIpc) is 3.27. The van der Waals surface area contributed by atoms with Crippen LogP contribution in [0.3, 0.4) is 0 Å². The van der Waals surface area contributed by atoms with Crippen LogP contribution in [0.4, 0.5) is 87.8 Å². The molecule has 0 saturated heterocycles. The molecule has 0 spiro atoms. The summed E-state index contributed by atoms with van der Waals surface area (Å²) in [5.41, 5.74) is -1.38. The van der Waals surface area contributed by atoms with E-state index in [0.717, 1.165) is 60.7 Å². The van der Waals surface area contributed by atoms with Crippen molar-refractivity contribution in [3.05, 3.63) is 188 Å². The van der Waals surface area contributed by atoms with Crippen molar-refractivity contribution in [3.63, 3.8) is 0 Å². The van der Waals surface area contributed by atoms with Crippen LogP contribution in [-0.2, 0) is 9.05 Å². The van der Waals surface area contributed by atoms with E-state index < -0.39 is 177 Å². The Kier molecular flexibility index (Phi) is 13.3. The minimum absolute atomic E-state index is 0.689. The summed E-state index contributed by atoms with van der Waals surface area (Å²) in [5, 5.41) is -9.80. The third kappa shape index (κ3) is 7.75. The molecule has 0 aliphatic heterocycles. The molecule has 0 saturated carbocycles. The number of rotatable bonds is 11. The zero-order valence-electron chi connectivity index (χ0n) is 29.2. The molecule has 0 fully saturated rings. The molecule has 0 radical (unpaired) electrons. The van der Waals surface area contributed by atoms with Crippen LogP contribution in [0.25, 0.3) is 0 Å². The second-order valence-corrected chi connectivity index (χ2v) is 15.5. The second kappa shape index (κ2) is 17.8. The highest BCUT2D eigenvalue weighted by Gasteiger charge is 2.45. The Morgan fingerprint density at radius 2 is 0.403 bits per heavy atom. The van der Waals surface area contributed by atoms with Crippen LogP contribution in [0.5, 0.6) is 0 Å². The molecular weight excluding hydrogens is 930 g/mol. The van der Waals surface area contributed by atoms with Crippen molar-refractivity contribution in [1.29, 1.82) is 0 Å². The van der Waals surface area contributed by atoms with E-state index in [9.17, 15) is 52.7 Å². The van der Waals surface area contributed by atoms with Crippen LogP contribution in [-0.4, -0.2) is 0 Å². The Bertz CT molecular complexity index is 2300.